The van der Waals surface area contributed by atoms with Crippen molar-refractivity contribution in [1.29, 1.82) is 0 Å². The first-order chi connectivity index (χ1) is 11.2. The number of amides is 1. The predicted molar refractivity (Wildman–Crippen MR) is 91.1 cm³/mol. The molecule has 0 saturated carbocycles. The van der Waals surface area contributed by atoms with Crippen LogP contribution in [0.1, 0.15) is 29.8 Å². The lowest BCUT2D eigenvalue weighted by atomic mass is 10.1. The maximum Gasteiger partial charge on any atom is 0.255 e. The van der Waals surface area contributed by atoms with Crippen LogP contribution in [0.15, 0.2) is 42.5 Å². The van der Waals surface area contributed by atoms with Gasteiger partial charge in [-0.15, -0.1) is 0 Å². The summed E-state index contributed by atoms with van der Waals surface area (Å²) in [5, 5.41) is 2.85. The van der Waals surface area contributed by atoms with Gasteiger partial charge in [-0.25, -0.2) is 0 Å². The van der Waals surface area contributed by atoms with Crippen LogP contribution in [0.2, 0.25) is 0 Å². The van der Waals surface area contributed by atoms with Crippen molar-refractivity contribution < 1.29 is 14.3 Å². The second-order valence-electron chi connectivity index (χ2n) is 4.88. The van der Waals surface area contributed by atoms with Gasteiger partial charge in [-0.3, -0.25) is 4.79 Å². The summed E-state index contributed by atoms with van der Waals surface area (Å²) in [6, 6.07) is 12.6. The monoisotopic (exact) mass is 314 g/mol. The number of anilines is 1. The number of hydrogen-bond donors (Lipinski definition) is 2. The SMILES string of the molecule is CCOc1ccc(C(=O)Nc2ccc(CN)cc2)cc1OCC. The zero-order chi connectivity index (χ0) is 16.7. The van der Waals surface area contributed by atoms with E-state index in [0.29, 0.717) is 36.8 Å². The third kappa shape index (κ3) is 4.47. The van der Waals surface area contributed by atoms with Gasteiger partial charge in [-0.05, 0) is 49.7 Å². The van der Waals surface area contributed by atoms with Crippen molar-refractivity contribution in [2.45, 2.75) is 20.4 Å². The Morgan fingerprint density at radius 3 is 2.26 bits per heavy atom. The Morgan fingerprint density at radius 2 is 1.65 bits per heavy atom. The van der Waals surface area contributed by atoms with Gasteiger partial charge >= 0.3 is 0 Å². The number of nitrogens with one attached hydrogen (secondary N) is 1. The molecule has 2 aromatic rings. The van der Waals surface area contributed by atoms with Crippen molar-refractivity contribution in [3.8, 4) is 11.5 Å². The molecule has 0 unspecified atom stereocenters. The molecule has 5 heteroatoms. The van der Waals surface area contributed by atoms with E-state index >= 15 is 0 Å². The topological polar surface area (TPSA) is 73.6 Å². The van der Waals surface area contributed by atoms with Crippen molar-refractivity contribution in [3.05, 3.63) is 53.6 Å². The highest BCUT2D eigenvalue weighted by Crippen LogP contribution is 2.28. The minimum Gasteiger partial charge on any atom is -0.490 e. The van der Waals surface area contributed by atoms with E-state index in [9.17, 15) is 4.79 Å². The lowest BCUT2D eigenvalue weighted by Gasteiger charge is -2.12. The summed E-state index contributed by atoms with van der Waals surface area (Å²) in [7, 11) is 0. The number of carbonyl (C=O) groups excluding carboxylic acids is 1. The van der Waals surface area contributed by atoms with Gasteiger partial charge in [0.05, 0.1) is 13.2 Å². The van der Waals surface area contributed by atoms with Crippen molar-refractivity contribution in [1.82, 2.24) is 0 Å². The molecule has 5 nitrogen and oxygen atoms in total. The molecule has 0 bridgehead atoms. The Bertz CT molecular complexity index is 654. The molecular formula is C18H22N2O3. The van der Waals surface area contributed by atoms with Crippen LogP contribution in [0.5, 0.6) is 11.5 Å². The van der Waals surface area contributed by atoms with Crippen LogP contribution in [0.4, 0.5) is 5.69 Å². The molecule has 23 heavy (non-hydrogen) atoms. The Labute approximate surface area is 136 Å². The molecule has 0 aliphatic rings. The van der Waals surface area contributed by atoms with Crippen molar-refractivity contribution >= 4 is 11.6 Å². The molecule has 3 N–H and O–H groups in total. The fourth-order valence-electron chi connectivity index (χ4n) is 2.12. The zero-order valence-electron chi connectivity index (χ0n) is 13.5. The highest BCUT2D eigenvalue weighted by Gasteiger charge is 2.11. The molecule has 0 atom stereocenters. The minimum absolute atomic E-state index is 0.200. The van der Waals surface area contributed by atoms with Crippen LogP contribution in [0.25, 0.3) is 0 Å². The maximum absolute atomic E-state index is 12.4. The molecule has 0 aliphatic carbocycles. The van der Waals surface area contributed by atoms with Crippen molar-refractivity contribution in [3.63, 3.8) is 0 Å². The van der Waals surface area contributed by atoms with Crippen molar-refractivity contribution in [2.24, 2.45) is 5.73 Å². The molecule has 2 rings (SSSR count). The first kappa shape index (κ1) is 16.8. The average molecular weight is 314 g/mol. The Morgan fingerprint density at radius 1 is 1.00 bits per heavy atom. The van der Waals surface area contributed by atoms with E-state index in [1.165, 1.54) is 0 Å². The number of nitrogens with two attached hydrogens (primary N) is 1. The van der Waals surface area contributed by atoms with Crippen LogP contribution < -0.4 is 20.5 Å². The van der Waals surface area contributed by atoms with E-state index in [4.69, 9.17) is 15.2 Å². The molecule has 0 aliphatic heterocycles. The van der Waals surface area contributed by atoms with Gasteiger partial charge in [0.15, 0.2) is 11.5 Å². The van der Waals surface area contributed by atoms with Gasteiger partial charge in [-0.1, -0.05) is 12.1 Å². The number of hydrogen-bond acceptors (Lipinski definition) is 4. The van der Waals surface area contributed by atoms with E-state index in [1.807, 2.05) is 38.1 Å². The predicted octanol–water partition coefficient (Wildman–Crippen LogP) is 3.20. The minimum atomic E-state index is -0.200. The van der Waals surface area contributed by atoms with Crippen LogP contribution in [-0.2, 0) is 6.54 Å². The fraction of sp³-hybridized carbons (Fsp3) is 0.278. The lowest BCUT2D eigenvalue weighted by molar-refractivity contribution is 0.102. The first-order valence-corrected chi connectivity index (χ1v) is 7.68. The summed E-state index contributed by atoms with van der Waals surface area (Å²) in [5.74, 6) is 1.01. The average Bonchev–Trinajstić information content (AvgIpc) is 2.57. The summed E-state index contributed by atoms with van der Waals surface area (Å²) in [5.41, 5.74) is 7.81. The van der Waals surface area contributed by atoms with Gasteiger partial charge in [-0.2, -0.15) is 0 Å². The highest BCUT2D eigenvalue weighted by molar-refractivity contribution is 6.04. The number of rotatable bonds is 7. The normalized spacial score (nSPS) is 10.2. The first-order valence-electron chi connectivity index (χ1n) is 7.68. The zero-order valence-corrected chi connectivity index (χ0v) is 13.5. The van der Waals surface area contributed by atoms with Gasteiger partial charge in [0.2, 0.25) is 0 Å². The Hall–Kier alpha value is -2.53. The van der Waals surface area contributed by atoms with Gasteiger partial charge in [0.25, 0.3) is 5.91 Å². The van der Waals surface area contributed by atoms with E-state index in [-0.39, 0.29) is 5.91 Å². The smallest absolute Gasteiger partial charge is 0.255 e. The standard InChI is InChI=1S/C18H22N2O3/c1-3-22-16-10-7-14(11-17(16)23-4-2)18(21)20-15-8-5-13(12-19)6-9-15/h5-11H,3-4,12,19H2,1-2H3,(H,20,21). The Balaban J connectivity index is 2.15. The third-order valence-electron chi connectivity index (χ3n) is 3.25. The van der Waals surface area contributed by atoms with Gasteiger partial charge in [0, 0.05) is 17.8 Å². The summed E-state index contributed by atoms with van der Waals surface area (Å²) in [6.45, 7) is 5.32. The lowest BCUT2D eigenvalue weighted by Crippen LogP contribution is -2.12. The summed E-state index contributed by atoms with van der Waals surface area (Å²) >= 11 is 0. The molecule has 0 fully saturated rings. The van der Waals surface area contributed by atoms with E-state index < -0.39 is 0 Å². The van der Waals surface area contributed by atoms with Gasteiger partial charge < -0.3 is 20.5 Å². The maximum atomic E-state index is 12.4. The van der Waals surface area contributed by atoms with E-state index in [1.54, 1.807) is 18.2 Å². The molecule has 1 amide bonds. The van der Waals surface area contributed by atoms with E-state index in [2.05, 4.69) is 5.32 Å². The molecule has 2 aromatic carbocycles. The highest BCUT2D eigenvalue weighted by atomic mass is 16.5. The largest absolute Gasteiger partial charge is 0.490 e. The number of ether oxygens (including phenoxy) is 2. The number of carbonyl (C=O) groups is 1. The molecule has 0 spiro atoms. The second kappa shape index (κ2) is 8.19. The Kier molecular flexibility index (Phi) is 6.00. The van der Waals surface area contributed by atoms with Crippen LogP contribution >= 0.6 is 0 Å². The quantitative estimate of drug-likeness (QED) is 0.823. The van der Waals surface area contributed by atoms with Crippen LogP contribution in [0, 0.1) is 0 Å². The molecule has 0 heterocycles. The molecule has 0 radical (unpaired) electrons. The molecule has 0 saturated heterocycles. The summed E-state index contributed by atoms with van der Waals surface area (Å²) in [4.78, 5) is 12.4. The molecule has 122 valence electrons. The summed E-state index contributed by atoms with van der Waals surface area (Å²) in [6.07, 6.45) is 0. The van der Waals surface area contributed by atoms with E-state index in [0.717, 1.165) is 11.3 Å². The number of benzene rings is 2. The van der Waals surface area contributed by atoms with Gasteiger partial charge in [0.1, 0.15) is 0 Å². The van der Waals surface area contributed by atoms with Crippen molar-refractivity contribution in [2.75, 3.05) is 18.5 Å². The third-order valence-corrected chi connectivity index (χ3v) is 3.25. The summed E-state index contributed by atoms with van der Waals surface area (Å²) < 4.78 is 11.0. The molecular weight excluding hydrogens is 292 g/mol. The molecule has 0 aromatic heterocycles. The van der Waals surface area contributed by atoms with Crippen LogP contribution in [-0.4, -0.2) is 19.1 Å². The van der Waals surface area contributed by atoms with Crippen LogP contribution in [0.3, 0.4) is 0 Å². The second-order valence-corrected chi connectivity index (χ2v) is 4.88. The fourth-order valence-corrected chi connectivity index (χ4v) is 2.12.